The van der Waals surface area contributed by atoms with E-state index in [1.165, 1.54) is 6.42 Å². The van der Waals surface area contributed by atoms with Gasteiger partial charge in [0.15, 0.2) is 0 Å². The van der Waals surface area contributed by atoms with Crippen LogP contribution in [0.4, 0.5) is 11.5 Å². The summed E-state index contributed by atoms with van der Waals surface area (Å²) >= 11 is 1.83. The summed E-state index contributed by atoms with van der Waals surface area (Å²) in [5, 5.41) is 11.5. The number of pyridine rings is 1. The second-order valence-electron chi connectivity index (χ2n) is 4.97. The van der Waals surface area contributed by atoms with E-state index in [1.54, 1.807) is 6.20 Å². The normalized spacial score (nSPS) is 18.2. The van der Waals surface area contributed by atoms with Crippen LogP contribution in [0.5, 0.6) is 0 Å². The predicted octanol–water partition coefficient (Wildman–Crippen LogP) is 1.12. The van der Waals surface area contributed by atoms with E-state index in [-0.39, 0.29) is 0 Å². The molecule has 1 aliphatic heterocycles. The van der Waals surface area contributed by atoms with Crippen LogP contribution in [-0.4, -0.2) is 45.1 Å². The van der Waals surface area contributed by atoms with Gasteiger partial charge in [-0.05, 0) is 0 Å². The molecule has 5 nitrogen and oxygen atoms in total. The van der Waals surface area contributed by atoms with Crippen molar-refractivity contribution in [2.24, 2.45) is 0 Å². The van der Waals surface area contributed by atoms with E-state index in [1.807, 2.05) is 41.2 Å². The standard InChI is InChI=1S/C14H18AsN5/c15-11-4-6-20(10-11)13-7-14(19-18-9-13)17-8-12-3-1-2-5-16-12/h1-3,5,7,9,11H,4,6,8,10,15H2,(H,17,19). The molecule has 20 heavy (non-hydrogen) atoms. The maximum atomic E-state index is 4.28. The second-order valence-corrected chi connectivity index (χ2v) is 6.95. The fraction of sp³-hybridized carbons (Fsp3) is 0.357. The number of hydrogen-bond acceptors (Lipinski definition) is 5. The molecule has 3 rings (SSSR count). The molecular weight excluding hydrogens is 313 g/mol. The summed E-state index contributed by atoms with van der Waals surface area (Å²) in [6, 6.07) is 7.97. The Kier molecular flexibility index (Phi) is 4.16. The third kappa shape index (κ3) is 3.28. The topological polar surface area (TPSA) is 53.9 Å². The molecule has 0 aliphatic carbocycles. The molecule has 3 heterocycles. The Balaban J connectivity index is 1.65. The molecule has 1 N–H and O–H groups in total. The number of anilines is 2. The van der Waals surface area contributed by atoms with E-state index in [9.17, 15) is 0 Å². The van der Waals surface area contributed by atoms with Crippen molar-refractivity contribution in [1.82, 2.24) is 15.2 Å². The van der Waals surface area contributed by atoms with E-state index in [0.29, 0.717) is 6.54 Å². The number of rotatable bonds is 4. The molecular formula is C14H18AsN5. The number of hydrogen-bond donors (Lipinski definition) is 1. The van der Waals surface area contributed by atoms with Crippen LogP contribution < -0.4 is 10.2 Å². The first-order valence-electron chi connectivity index (χ1n) is 6.78. The van der Waals surface area contributed by atoms with Gasteiger partial charge in [0, 0.05) is 0 Å². The van der Waals surface area contributed by atoms with Crippen molar-refractivity contribution in [3.05, 3.63) is 42.4 Å². The summed E-state index contributed by atoms with van der Waals surface area (Å²) in [6.45, 7) is 2.91. The third-order valence-corrected chi connectivity index (χ3v) is 4.55. The van der Waals surface area contributed by atoms with Crippen molar-refractivity contribution in [2.75, 3.05) is 23.3 Å². The Morgan fingerprint density at radius 1 is 1.40 bits per heavy atom. The summed E-state index contributed by atoms with van der Waals surface area (Å²) < 4.78 is 0.820. The molecule has 104 valence electrons. The van der Waals surface area contributed by atoms with Gasteiger partial charge in [-0.2, -0.15) is 0 Å². The minimum atomic E-state index is 0.665. The molecule has 6 heteroatoms. The van der Waals surface area contributed by atoms with Crippen LogP contribution >= 0.6 is 0 Å². The summed E-state index contributed by atoms with van der Waals surface area (Å²) in [6.07, 6.45) is 4.92. The molecule has 2 aromatic rings. The van der Waals surface area contributed by atoms with Crippen molar-refractivity contribution < 1.29 is 0 Å². The quantitative estimate of drug-likeness (QED) is 0.851. The zero-order valence-corrected chi connectivity index (χ0v) is 13.7. The van der Waals surface area contributed by atoms with Crippen molar-refractivity contribution in [3.63, 3.8) is 0 Å². The fourth-order valence-corrected chi connectivity index (χ4v) is 3.17. The number of nitrogens with one attached hydrogen (secondary N) is 1. The molecule has 2 atom stereocenters. The van der Waals surface area contributed by atoms with Crippen molar-refractivity contribution in [1.29, 1.82) is 0 Å². The van der Waals surface area contributed by atoms with E-state index in [4.69, 9.17) is 0 Å². The molecule has 0 radical (unpaired) electrons. The Labute approximate surface area is 127 Å². The van der Waals surface area contributed by atoms with Gasteiger partial charge < -0.3 is 0 Å². The van der Waals surface area contributed by atoms with Gasteiger partial charge in [-0.1, -0.05) is 0 Å². The van der Waals surface area contributed by atoms with Gasteiger partial charge in [-0.3, -0.25) is 0 Å². The minimum absolute atomic E-state index is 0.665. The number of nitrogens with zero attached hydrogens (tertiary/aromatic N) is 4. The van der Waals surface area contributed by atoms with Crippen molar-refractivity contribution >= 4 is 28.4 Å². The first-order chi connectivity index (χ1) is 9.81. The van der Waals surface area contributed by atoms with Gasteiger partial charge in [0.05, 0.1) is 0 Å². The van der Waals surface area contributed by atoms with Crippen molar-refractivity contribution in [2.45, 2.75) is 17.7 Å². The van der Waals surface area contributed by atoms with Crippen LogP contribution in [0, 0.1) is 0 Å². The monoisotopic (exact) mass is 331 g/mol. The molecule has 1 aliphatic rings. The molecule has 0 amide bonds. The summed E-state index contributed by atoms with van der Waals surface area (Å²) in [7, 11) is 0. The van der Waals surface area contributed by atoms with Crippen LogP contribution in [0.1, 0.15) is 12.1 Å². The molecule has 1 fully saturated rings. The molecule has 0 aromatic carbocycles. The Morgan fingerprint density at radius 2 is 2.35 bits per heavy atom. The zero-order valence-electron chi connectivity index (χ0n) is 11.2. The molecule has 0 spiro atoms. The van der Waals surface area contributed by atoms with Crippen LogP contribution in [0.3, 0.4) is 0 Å². The van der Waals surface area contributed by atoms with Gasteiger partial charge in [-0.25, -0.2) is 0 Å². The average molecular weight is 331 g/mol. The Hall–Kier alpha value is -1.61. The van der Waals surface area contributed by atoms with Gasteiger partial charge in [-0.15, -0.1) is 0 Å². The Morgan fingerprint density at radius 3 is 3.10 bits per heavy atom. The predicted molar refractivity (Wildman–Crippen MR) is 82.7 cm³/mol. The van der Waals surface area contributed by atoms with Crippen LogP contribution in [0.15, 0.2) is 36.7 Å². The SMILES string of the molecule is [AsH2]C1CCN(c2cnnc(NCc3ccccn3)c2)C1. The van der Waals surface area contributed by atoms with E-state index >= 15 is 0 Å². The molecule has 1 saturated heterocycles. The first kappa shape index (κ1) is 13.4. The zero-order chi connectivity index (χ0) is 13.8. The Bertz CT molecular complexity index is 563. The van der Waals surface area contributed by atoms with E-state index in [0.717, 1.165) is 35.0 Å². The maximum absolute atomic E-state index is 4.28. The van der Waals surface area contributed by atoms with Crippen LogP contribution in [-0.2, 0) is 6.54 Å². The molecule has 2 aromatic heterocycles. The number of aromatic nitrogens is 3. The van der Waals surface area contributed by atoms with Gasteiger partial charge in [0.2, 0.25) is 0 Å². The molecule has 2 unspecified atom stereocenters. The van der Waals surface area contributed by atoms with E-state index in [2.05, 4.69) is 31.5 Å². The van der Waals surface area contributed by atoms with Crippen molar-refractivity contribution in [3.8, 4) is 0 Å². The van der Waals surface area contributed by atoms with Crippen LogP contribution in [0.2, 0.25) is 4.71 Å². The molecule has 0 bridgehead atoms. The van der Waals surface area contributed by atoms with Crippen LogP contribution in [0.25, 0.3) is 0 Å². The average Bonchev–Trinajstić information content (AvgIpc) is 2.93. The first-order valence-corrected chi connectivity index (χ1v) is 8.18. The summed E-state index contributed by atoms with van der Waals surface area (Å²) in [5.41, 5.74) is 2.15. The van der Waals surface area contributed by atoms with E-state index < -0.39 is 0 Å². The summed E-state index contributed by atoms with van der Waals surface area (Å²) in [5.74, 6) is 0.804. The second kappa shape index (κ2) is 6.23. The fourth-order valence-electron chi connectivity index (χ4n) is 2.32. The third-order valence-electron chi connectivity index (χ3n) is 3.41. The molecule has 0 saturated carbocycles. The van der Waals surface area contributed by atoms with Gasteiger partial charge in [0.1, 0.15) is 0 Å². The summed E-state index contributed by atoms with van der Waals surface area (Å²) in [4.78, 5) is 6.67. The van der Waals surface area contributed by atoms with Gasteiger partial charge >= 0.3 is 127 Å². The van der Waals surface area contributed by atoms with Gasteiger partial charge in [0.25, 0.3) is 0 Å².